The van der Waals surface area contributed by atoms with E-state index in [0.29, 0.717) is 23.2 Å². The molecule has 0 saturated heterocycles. The first-order chi connectivity index (χ1) is 9.92. The van der Waals surface area contributed by atoms with Crippen LogP contribution >= 0.6 is 26.2 Å². The van der Waals surface area contributed by atoms with Crippen molar-refractivity contribution in [3.05, 3.63) is 53.0 Å². The molecule has 0 fully saturated rings. The maximum atomic E-state index is 12.8. The SMILES string of the molecule is FS(F)(F)(F)(F)c1ccc2cc(-c3cccc(Br)c3)[nH]c2c1. The van der Waals surface area contributed by atoms with Crippen LogP contribution in [-0.2, 0) is 0 Å². The first kappa shape index (κ1) is 15.4. The third-order valence-corrected chi connectivity index (χ3v) is 4.81. The molecule has 118 valence electrons. The summed E-state index contributed by atoms with van der Waals surface area (Å²) in [5.41, 5.74) is 1.30. The van der Waals surface area contributed by atoms with Crippen molar-refractivity contribution in [1.29, 1.82) is 0 Å². The van der Waals surface area contributed by atoms with Crippen molar-refractivity contribution in [1.82, 2.24) is 4.98 Å². The Morgan fingerprint density at radius 2 is 1.59 bits per heavy atom. The number of aromatic nitrogens is 1. The number of halogens is 6. The summed E-state index contributed by atoms with van der Waals surface area (Å²) in [4.78, 5) is 0.857. The highest BCUT2D eigenvalue weighted by Gasteiger charge is 2.65. The molecule has 8 heteroatoms. The van der Waals surface area contributed by atoms with E-state index in [4.69, 9.17) is 0 Å². The van der Waals surface area contributed by atoms with Gasteiger partial charge in [-0.3, -0.25) is 0 Å². The first-order valence-corrected chi connectivity index (χ1v) is 8.80. The Balaban J connectivity index is 2.17. The van der Waals surface area contributed by atoms with Crippen molar-refractivity contribution in [2.75, 3.05) is 0 Å². The second-order valence-electron chi connectivity index (χ2n) is 4.91. The lowest BCUT2D eigenvalue weighted by Gasteiger charge is -2.40. The van der Waals surface area contributed by atoms with Crippen molar-refractivity contribution in [3.63, 3.8) is 0 Å². The molecule has 0 spiro atoms. The molecule has 1 nitrogen and oxygen atoms in total. The summed E-state index contributed by atoms with van der Waals surface area (Å²) in [5, 5.41) is 0.431. The monoisotopic (exact) mass is 397 g/mol. The number of fused-ring (bicyclic) bond motifs is 1. The van der Waals surface area contributed by atoms with E-state index in [2.05, 4.69) is 20.9 Å². The number of nitrogens with one attached hydrogen (secondary N) is 1. The fourth-order valence-corrected chi connectivity index (χ4v) is 3.22. The Morgan fingerprint density at radius 1 is 0.864 bits per heavy atom. The summed E-state index contributed by atoms with van der Waals surface area (Å²) < 4.78 is 65.0. The average molecular weight is 398 g/mol. The molecule has 1 heterocycles. The minimum absolute atomic E-state index is 0.0146. The van der Waals surface area contributed by atoms with Gasteiger partial charge in [0.05, 0.1) is 0 Å². The highest BCUT2D eigenvalue weighted by atomic mass is 79.9. The Bertz CT molecular complexity index is 886. The molecule has 3 aromatic rings. The zero-order chi connectivity index (χ0) is 16.2. The highest BCUT2D eigenvalue weighted by Crippen LogP contribution is 3.02. The molecule has 0 amide bonds. The van der Waals surface area contributed by atoms with Crippen molar-refractivity contribution < 1.29 is 19.4 Å². The van der Waals surface area contributed by atoms with Gasteiger partial charge in [0.25, 0.3) is 0 Å². The van der Waals surface area contributed by atoms with Crippen LogP contribution < -0.4 is 0 Å². The second-order valence-corrected chi connectivity index (χ2v) is 8.24. The Labute approximate surface area is 131 Å². The third kappa shape index (κ3) is 2.98. The van der Waals surface area contributed by atoms with E-state index in [1.165, 1.54) is 0 Å². The number of H-pyrrole nitrogens is 1. The second kappa shape index (κ2) is 4.05. The maximum Gasteiger partial charge on any atom is 0.310 e. The molecule has 22 heavy (non-hydrogen) atoms. The predicted molar refractivity (Wildman–Crippen MR) is 82.8 cm³/mol. The smallest absolute Gasteiger partial charge is 0.310 e. The van der Waals surface area contributed by atoms with Crippen LogP contribution in [0, 0.1) is 0 Å². The largest absolute Gasteiger partial charge is 0.354 e. The third-order valence-electron chi connectivity index (χ3n) is 3.17. The van der Waals surface area contributed by atoms with Gasteiger partial charge < -0.3 is 4.98 Å². The van der Waals surface area contributed by atoms with Crippen LogP contribution in [-0.4, -0.2) is 4.98 Å². The van der Waals surface area contributed by atoms with E-state index in [1.54, 1.807) is 30.3 Å². The summed E-state index contributed by atoms with van der Waals surface area (Å²) in [6, 6.07) is 10.6. The van der Waals surface area contributed by atoms with Gasteiger partial charge in [0, 0.05) is 21.1 Å². The van der Waals surface area contributed by atoms with Gasteiger partial charge in [0.15, 0.2) is 0 Å². The van der Waals surface area contributed by atoms with E-state index < -0.39 is 15.1 Å². The van der Waals surface area contributed by atoms with Crippen LogP contribution in [0.5, 0.6) is 0 Å². The maximum absolute atomic E-state index is 12.8. The van der Waals surface area contributed by atoms with Crippen LogP contribution in [0.25, 0.3) is 22.2 Å². The Hall–Kier alpha value is -1.54. The van der Waals surface area contributed by atoms with E-state index >= 15 is 0 Å². The van der Waals surface area contributed by atoms with Gasteiger partial charge in [0.2, 0.25) is 0 Å². The summed E-state index contributed by atoms with van der Waals surface area (Å²) >= 11 is 3.30. The summed E-state index contributed by atoms with van der Waals surface area (Å²) in [6.07, 6.45) is 0. The van der Waals surface area contributed by atoms with Crippen LogP contribution in [0.3, 0.4) is 0 Å². The first-order valence-electron chi connectivity index (χ1n) is 6.05. The van der Waals surface area contributed by atoms with Crippen LogP contribution in [0.15, 0.2) is 57.9 Å². The fourth-order valence-electron chi connectivity index (χ4n) is 2.16. The molecule has 1 aromatic heterocycles. The molecular formula is C14H9BrF5NS. The summed E-state index contributed by atoms with van der Waals surface area (Å²) in [5.74, 6) is 0. The minimum Gasteiger partial charge on any atom is -0.354 e. The molecule has 0 saturated carbocycles. The molecule has 0 aliphatic heterocycles. The predicted octanol–water partition coefficient (Wildman–Crippen LogP) is 7.25. The molecule has 0 atom stereocenters. The highest BCUT2D eigenvalue weighted by molar-refractivity contribution is 9.10. The summed E-state index contributed by atoms with van der Waals surface area (Å²) in [7, 11) is -9.67. The molecule has 2 aromatic carbocycles. The van der Waals surface area contributed by atoms with Crippen LogP contribution in [0.4, 0.5) is 19.4 Å². The molecule has 1 N–H and O–H groups in total. The Morgan fingerprint density at radius 3 is 2.23 bits per heavy atom. The van der Waals surface area contributed by atoms with E-state index in [-0.39, 0.29) is 5.52 Å². The lowest BCUT2D eigenvalue weighted by molar-refractivity contribution is 0.364. The number of hydrogen-bond donors (Lipinski definition) is 1. The quantitative estimate of drug-likeness (QED) is 0.438. The lowest BCUT2D eigenvalue weighted by Crippen LogP contribution is -2.05. The Kier molecular flexibility index (Phi) is 2.83. The van der Waals surface area contributed by atoms with Crippen molar-refractivity contribution in [2.24, 2.45) is 0 Å². The van der Waals surface area contributed by atoms with Crippen molar-refractivity contribution >= 4 is 37.1 Å². The molecule has 0 aliphatic carbocycles. The molecule has 3 rings (SSSR count). The zero-order valence-corrected chi connectivity index (χ0v) is 13.2. The van der Waals surface area contributed by atoms with Gasteiger partial charge in [-0.2, -0.15) is 0 Å². The minimum atomic E-state index is -9.67. The molecule has 0 unspecified atom stereocenters. The topological polar surface area (TPSA) is 15.8 Å². The van der Waals surface area contributed by atoms with Crippen LogP contribution in [0.1, 0.15) is 0 Å². The average Bonchev–Trinajstić information content (AvgIpc) is 2.78. The standard InChI is InChI=1S/C14H9BrF5NS/c15-11-3-1-2-9(6-11)13-7-10-4-5-12(8-14(10)21-13)22(16,17,18,19)20/h1-8,21H. The van der Waals surface area contributed by atoms with Crippen molar-refractivity contribution in [2.45, 2.75) is 4.90 Å². The van der Waals surface area contributed by atoms with Gasteiger partial charge >= 0.3 is 10.2 Å². The number of aromatic amines is 1. The van der Waals surface area contributed by atoms with Crippen molar-refractivity contribution in [3.8, 4) is 11.3 Å². The lowest BCUT2D eigenvalue weighted by atomic mass is 10.1. The number of hydrogen-bond acceptors (Lipinski definition) is 0. The van der Waals surface area contributed by atoms with Gasteiger partial charge in [0.1, 0.15) is 4.90 Å². The molecule has 0 bridgehead atoms. The van der Waals surface area contributed by atoms with Gasteiger partial charge in [-0.05, 0) is 35.9 Å². The van der Waals surface area contributed by atoms with Gasteiger partial charge in [-0.25, -0.2) is 0 Å². The zero-order valence-electron chi connectivity index (χ0n) is 10.8. The summed E-state index contributed by atoms with van der Waals surface area (Å²) in [6.45, 7) is 0. The number of rotatable bonds is 2. The molecular weight excluding hydrogens is 389 g/mol. The fraction of sp³-hybridized carbons (Fsp3) is 0. The van der Waals surface area contributed by atoms with Crippen LogP contribution in [0.2, 0.25) is 0 Å². The number of benzene rings is 2. The molecule has 0 radical (unpaired) electrons. The van der Waals surface area contributed by atoms with E-state index in [0.717, 1.165) is 16.1 Å². The van der Waals surface area contributed by atoms with E-state index in [1.807, 2.05) is 0 Å². The van der Waals surface area contributed by atoms with E-state index in [9.17, 15) is 19.4 Å². The molecule has 0 aliphatic rings. The normalized spacial score (nSPS) is 15.5. The van der Waals surface area contributed by atoms with Gasteiger partial charge in [-0.1, -0.05) is 53.6 Å². The van der Waals surface area contributed by atoms with Gasteiger partial charge in [-0.15, -0.1) is 0 Å².